The normalized spacial score (nSPS) is 10.6. The van der Waals surface area contributed by atoms with Crippen LogP contribution in [0.3, 0.4) is 0 Å². The molecule has 0 atom stereocenters. The lowest BCUT2D eigenvalue weighted by molar-refractivity contribution is 0.625. The molecule has 88 valence electrons. The van der Waals surface area contributed by atoms with Crippen LogP contribution in [0, 0.1) is 19.7 Å². The van der Waals surface area contributed by atoms with E-state index in [1.54, 1.807) is 12.1 Å². The van der Waals surface area contributed by atoms with Gasteiger partial charge in [0.2, 0.25) is 0 Å². The Morgan fingerprint density at radius 1 is 1.06 bits per heavy atom. The molecule has 2 N–H and O–H groups in total. The summed E-state index contributed by atoms with van der Waals surface area (Å²) in [5.74, 6) is -0.186. The van der Waals surface area contributed by atoms with E-state index in [1.807, 2.05) is 38.1 Å². The zero-order chi connectivity index (χ0) is 12.4. The molecular weight excluding hydrogens is 213 g/mol. The first-order chi connectivity index (χ1) is 8.13. The zero-order valence-electron chi connectivity index (χ0n) is 10.1. The molecule has 2 rings (SSSR count). The van der Waals surface area contributed by atoms with Crippen LogP contribution < -0.4 is 5.73 Å². The summed E-state index contributed by atoms with van der Waals surface area (Å²) < 4.78 is 13.3. The molecule has 17 heavy (non-hydrogen) atoms. The highest BCUT2D eigenvalue weighted by Gasteiger charge is 2.10. The Kier molecular flexibility index (Phi) is 3.25. The average molecular weight is 229 g/mol. The molecule has 0 aromatic heterocycles. The number of hydrogen-bond acceptors (Lipinski definition) is 1. The van der Waals surface area contributed by atoms with Gasteiger partial charge >= 0.3 is 0 Å². The van der Waals surface area contributed by atoms with Gasteiger partial charge in [0.15, 0.2) is 0 Å². The topological polar surface area (TPSA) is 26.0 Å². The molecule has 0 aliphatic carbocycles. The molecular formula is C15H16FN. The largest absolute Gasteiger partial charge is 0.326 e. The molecule has 0 fully saturated rings. The zero-order valence-corrected chi connectivity index (χ0v) is 10.1. The summed E-state index contributed by atoms with van der Waals surface area (Å²) in [7, 11) is 0. The van der Waals surface area contributed by atoms with Crippen LogP contribution in [0.15, 0.2) is 36.4 Å². The van der Waals surface area contributed by atoms with Gasteiger partial charge in [0.25, 0.3) is 0 Å². The summed E-state index contributed by atoms with van der Waals surface area (Å²) in [6, 6.07) is 11.1. The highest BCUT2D eigenvalue weighted by Crippen LogP contribution is 2.30. The smallest absolute Gasteiger partial charge is 0.123 e. The molecule has 0 heterocycles. The first kappa shape index (κ1) is 11.8. The van der Waals surface area contributed by atoms with Gasteiger partial charge in [-0.3, -0.25) is 0 Å². The average Bonchev–Trinajstić information content (AvgIpc) is 2.28. The molecule has 2 heteroatoms. The van der Waals surface area contributed by atoms with Crippen LogP contribution in [-0.2, 0) is 6.54 Å². The van der Waals surface area contributed by atoms with Crippen LogP contribution in [0.25, 0.3) is 11.1 Å². The Hall–Kier alpha value is -1.67. The maximum Gasteiger partial charge on any atom is 0.123 e. The second-order valence-corrected chi connectivity index (χ2v) is 4.28. The quantitative estimate of drug-likeness (QED) is 0.837. The summed E-state index contributed by atoms with van der Waals surface area (Å²) in [4.78, 5) is 0. The summed E-state index contributed by atoms with van der Waals surface area (Å²) in [5.41, 5.74) is 10.9. The van der Waals surface area contributed by atoms with Gasteiger partial charge in [-0.15, -0.1) is 0 Å². The van der Waals surface area contributed by atoms with Gasteiger partial charge in [0.05, 0.1) is 0 Å². The summed E-state index contributed by atoms with van der Waals surface area (Å²) >= 11 is 0. The molecule has 2 aromatic rings. The van der Waals surface area contributed by atoms with Gasteiger partial charge in [-0.25, -0.2) is 4.39 Å². The lowest BCUT2D eigenvalue weighted by Crippen LogP contribution is -2.00. The van der Waals surface area contributed by atoms with Crippen molar-refractivity contribution in [1.29, 1.82) is 0 Å². The maximum atomic E-state index is 13.3. The molecule has 0 bridgehead atoms. The third-order valence-corrected chi connectivity index (χ3v) is 3.00. The Labute approximate surface area is 101 Å². The number of benzene rings is 2. The van der Waals surface area contributed by atoms with Crippen molar-refractivity contribution in [3.05, 3.63) is 58.9 Å². The van der Waals surface area contributed by atoms with E-state index in [-0.39, 0.29) is 5.82 Å². The Morgan fingerprint density at radius 3 is 2.24 bits per heavy atom. The van der Waals surface area contributed by atoms with E-state index in [1.165, 1.54) is 0 Å². The van der Waals surface area contributed by atoms with Gasteiger partial charge in [-0.05, 0) is 53.8 Å². The summed E-state index contributed by atoms with van der Waals surface area (Å²) in [6.07, 6.45) is 0. The SMILES string of the molecule is Cc1cc(F)cc(C)c1-c1ccccc1CN. The standard InChI is InChI=1S/C15H16FN/c1-10-7-13(16)8-11(2)15(10)14-6-4-3-5-12(14)9-17/h3-8H,9,17H2,1-2H3. The molecule has 0 aliphatic heterocycles. The predicted octanol–water partition coefficient (Wildman–Crippen LogP) is 3.57. The van der Waals surface area contributed by atoms with Gasteiger partial charge in [0, 0.05) is 6.54 Å². The van der Waals surface area contributed by atoms with Crippen LogP contribution >= 0.6 is 0 Å². The van der Waals surface area contributed by atoms with Gasteiger partial charge < -0.3 is 5.73 Å². The van der Waals surface area contributed by atoms with Crippen molar-refractivity contribution in [3.8, 4) is 11.1 Å². The monoisotopic (exact) mass is 229 g/mol. The summed E-state index contributed by atoms with van der Waals surface area (Å²) in [5, 5.41) is 0. The highest BCUT2D eigenvalue weighted by molar-refractivity contribution is 5.73. The van der Waals surface area contributed by atoms with E-state index in [0.717, 1.165) is 27.8 Å². The van der Waals surface area contributed by atoms with Crippen molar-refractivity contribution in [2.45, 2.75) is 20.4 Å². The van der Waals surface area contributed by atoms with Crippen molar-refractivity contribution in [2.24, 2.45) is 5.73 Å². The molecule has 0 aliphatic rings. The van der Waals surface area contributed by atoms with E-state index in [9.17, 15) is 4.39 Å². The molecule has 0 spiro atoms. The van der Waals surface area contributed by atoms with E-state index >= 15 is 0 Å². The minimum Gasteiger partial charge on any atom is -0.326 e. The Bertz CT molecular complexity index is 523. The van der Waals surface area contributed by atoms with E-state index in [0.29, 0.717) is 6.54 Å². The van der Waals surface area contributed by atoms with Gasteiger partial charge in [-0.2, -0.15) is 0 Å². The van der Waals surface area contributed by atoms with E-state index in [2.05, 4.69) is 0 Å². The number of nitrogens with two attached hydrogens (primary N) is 1. The van der Waals surface area contributed by atoms with Crippen molar-refractivity contribution in [3.63, 3.8) is 0 Å². The van der Waals surface area contributed by atoms with Gasteiger partial charge in [0.1, 0.15) is 5.82 Å². The second-order valence-electron chi connectivity index (χ2n) is 4.28. The lowest BCUT2D eigenvalue weighted by Gasteiger charge is -2.14. The first-order valence-electron chi connectivity index (χ1n) is 5.68. The lowest BCUT2D eigenvalue weighted by atomic mass is 9.92. The number of aryl methyl sites for hydroxylation is 2. The van der Waals surface area contributed by atoms with Crippen molar-refractivity contribution >= 4 is 0 Å². The van der Waals surface area contributed by atoms with Crippen LogP contribution in [0.5, 0.6) is 0 Å². The maximum absolute atomic E-state index is 13.3. The van der Waals surface area contributed by atoms with E-state index < -0.39 is 0 Å². The number of hydrogen-bond donors (Lipinski definition) is 1. The Morgan fingerprint density at radius 2 is 1.65 bits per heavy atom. The minimum absolute atomic E-state index is 0.186. The van der Waals surface area contributed by atoms with Crippen molar-refractivity contribution < 1.29 is 4.39 Å². The third-order valence-electron chi connectivity index (χ3n) is 3.00. The van der Waals surface area contributed by atoms with Crippen LogP contribution in [0.2, 0.25) is 0 Å². The number of halogens is 1. The van der Waals surface area contributed by atoms with Crippen LogP contribution in [0.4, 0.5) is 4.39 Å². The Balaban J connectivity index is 2.68. The molecule has 0 saturated heterocycles. The summed E-state index contributed by atoms with van der Waals surface area (Å²) in [6.45, 7) is 4.35. The van der Waals surface area contributed by atoms with E-state index in [4.69, 9.17) is 5.73 Å². The molecule has 0 radical (unpaired) electrons. The fraction of sp³-hybridized carbons (Fsp3) is 0.200. The molecule has 2 aromatic carbocycles. The predicted molar refractivity (Wildman–Crippen MR) is 69.2 cm³/mol. The second kappa shape index (κ2) is 4.68. The van der Waals surface area contributed by atoms with Crippen LogP contribution in [0.1, 0.15) is 16.7 Å². The molecule has 0 saturated carbocycles. The fourth-order valence-electron chi connectivity index (χ4n) is 2.28. The first-order valence-corrected chi connectivity index (χ1v) is 5.68. The highest BCUT2D eigenvalue weighted by atomic mass is 19.1. The molecule has 0 amide bonds. The molecule has 0 unspecified atom stereocenters. The molecule has 1 nitrogen and oxygen atoms in total. The van der Waals surface area contributed by atoms with Crippen molar-refractivity contribution in [1.82, 2.24) is 0 Å². The van der Waals surface area contributed by atoms with Gasteiger partial charge in [-0.1, -0.05) is 24.3 Å². The van der Waals surface area contributed by atoms with Crippen molar-refractivity contribution in [2.75, 3.05) is 0 Å². The minimum atomic E-state index is -0.186. The van der Waals surface area contributed by atoms with Crippen LogP contribution in [-0.4, -0.2) is 0 Å². The number of rotatable bonds is 2. The fourth-order valence-corrected chi connectivity index (χ4v) is 2.28. The third kappa shape index (κ3) is 2.22.